The number of hydrogen-bond acceptors (Lipinski definition) is 3. The highest BCUT2D eigenvalue weighted by atomic mass is 32.2. The minimum Gasteiger partial charge on any atom is -0.389 e. The molecule has 0 aliphatic rings. The first kappa shape index (κ1) is 13.8. The Bertz CT molecular complexity index is 597. The van der Waals surface area contributed by atoms with Crippen LogP contribution in [0.15, 0.2) is 47.4 Å². The van der Waals surface area contributed by atoms with E-state index >= 15 is 0 Å². The Morgan fingerprint density at radius 1 is 1.21 bits per heavy atom. The summed E-state index contributed by atoms with van der Waals surface area (Å²) in [5.74, 6) is -0.266. The number of benzene rings is 2. The second-order valence-corrected chi connectivity index (χ2v) is 5.17. The number of nitrogens with two attached hydrogens (primary N) is 1. The van der Waals surface area contributed by atoms with Crippen molar-refractivity contribution in [1.29, 1.82) is 0 Å². The quantitative estimate of drug-likeness (QED) is 0.661. The van der Waals surface area contributed by atoms with Crippen molar-refractivity contribution >= 4 is 40.3 Å². The van der Waals surface area contributed by atoms with E-state index in [1.807, 2.05) is 24.5 Å². The van der Waals surface area contributed by atoms with Crippen LogP contribution in [0.3, 0.4) is 0 Å². The molecule has 0 saturated carbocycles. The smallest absolute Gasteiger partial charge is 0.123 e. The average Bonchev–Trinajstić information content (AvgIpc) is 2.40. The summed E-state index contributed by atoms with van der Waals surface area (Å²) in [5, 5.41) is 3.21. The summed E-state index contributed by atoms with van der Waals surface area (Å²) in [6, 6.07) is 11.9. The number of halogens is 1. The molecule has 2 nitrogen and oxygen atoms in total. The van der Waals surface area contributed by atoms with Gasteiger partial charge in [-0.2, -0.15) is 0 Å². The Hall–Kier alpha value is -1.59. The summed E-state index contributed by atoms with van der Waals surface area (Å²) < 4.78 is 12.9. The first-order valence-corrected chi connectivity index (χ1v) is 7.24. The van der Waals surface area contributed by atoms with E-state index in [1.54, 1.807) is 23.9 Å². The number of nitrogens with one attached hydrogen (secondary N) is 1. The van der Waals surface area contributed by atoms with E-state index in [0.717, 1.165) is 21.8 Å². The molecule has 5 heteroatoms. The Balaban J connectivity index is 2.39. The Kier molecular flexibility index (Phi) is 4.39. The molecule has 3 N–H and O–H groups in total. The molecule has 0 heterocycles. The van der Waals surface area contributed by atoms with Crippen LogP contribution >= 0.6 is 24.0 Å². The zero-order valence-corrected chi connectivity index (χ0v) is 11.9. The molecule has 0 aliphatic carbocycles. The Labute approximate surface area is 121 Å². The van der Waals surface area contributed by atoms with E-state index in [1.165, 1.54) is 12.1 Å². The van der Waals surface area contributed by atoms with Crippen molar-refractivity contribution in [3.63, 3.8) is 0 Å². The molecule has 19 heavy (non-hydrogen) atoms. The molecule has 0 aromatic heterocycles. The summed E-state index contributed by atoms with van der Waals surface area (Å²) in [5.41, 5.74) is 8.22. The predicted octanol–water partition coefficient (Wildman–Crippen LogP) is 3.93. The summed E-state index contributed by atoms with van der Waals surface area (Å²) in [7, 11) is 0. The zero-order valence-electron chi connectivity index (χ0n) is 10.3. The van der Waals surface area contributed by atoms with Crippen LogP contribution < -0.4 is 11.1 Å². The average molecular weight is 292 g/mol. The summed E-state index contributed by atoms with van der Waals surface area (Å²) in [4.78, 5) is 1.36. The number of thiocarbonyl (C=S) groups is 1. The minimum atomic E-state index is -0.266. The van der Waals surface area contributed by atoms with E-state index in [0.29, 0.717) is 4.99 Å². The third-order valence-electron chi connectivity index (χ3n) is 2.62. The number of rotatable bonds is 4. The highest BCUT2D eigenvalue weighted by molar-refractivity contribution is 7.98. The number of hydrogen-bond donors (Lipinski definition) is 2. The molecular formula is C14H13FN2S2. The summed E-state index contributed by atoms with van der Waals surface area (Å²) >= 11 is 6.69. The molecule has 98 valence electrons. The van der Waals surface area contributed by atoms with E-state index in [-0.39, 0.29) is 5.82 Å². The Morgan fingerprint density at radius 2 is 1.89 bits per heavy atom. The van der Waals surface area contributed by atoms with Crippen molar-refractivity contribution in [1.82, 2.24) is 0 Å². The molecule has 0 atom stereocenters. The lowest BCUT2D eigenvalue weighted by atomic mass is 10.1. The molecular weight excluding hydrogens is 279 g/mol. The van der Waals surface area contributed by atoms with Gasteiger partial charge in [0.25, 0.3) is 0 Å². The van der Waals surface area contributed by atoms with Crippen molar-refractivity contribution in [2.75, 3.05) is 11.6 Å². The monoisotopic (exact) mass is 292 g/mol. The van der Waals surface area contributed by atoms with Crippen LogP contribution in [0.2, 0.25) is 0 Å². The summed E-state index contributed by atoms with van der Waals surface area (Å²) in [6.07, 6.45) is 1.97. The van der Waals surface area contributed by atoms with Gasteiger partial charge in [0, 0.05) is 21.8 Å². The van der Waals surface area contributed by atoms with Crippen LogP contribution in [-0.2, 0) is 0 Å². The van der Waals surface area contributed by atoms with E-state index in [2.05, 4.69) is 5.32 Å². The fourth-order valence-corrected chi connectivity index (χ4v) is 2.67. The molecule has 0 aliphatic heterocycles. The molecule has 0 bridgehead atoms. The first-order chi connectivity index (χ1) is 9.11. The van der Waals surface area contributed by atoms with Gasteiger partial charge in [-0.1, -0.05) is 18.3 Å². The highest BCUT2D eigenvalue weighted by Gasteiger charge is 2.10. The van der Waals surface area contributed by atoms with Gasteiger partial charge in [0.1, 0.15) is 10.8 Å². The maximum absolute atomic E-state index is 12.9. The minimum absolute atomic E-state index is 0.266. The highest BCUT2D eigenvalue weighted by Crippen LogP contribution is 2.29. The van der Waals surface area contributed by atoms with Gasteiger partial charge in [-0.3, -0.25) is 0 Å². The predicted molar refractivity (Wildman–Crippen MR) is 83.8 cm³/mol. The topological polar surface area (TPSA) is 38.0 Å². The van der Waals surface area contributed by atoms with Crippen molar-refractivity contribution in [3.8, 4) is 0 Å². The first-order valence-electron chi connectivity index (χ1n) is 5.61. The van der Waals surface area contributed by atoms with Crippen molar-refractivity contribution < 1.29 is 4.39 Å². The van der Waals surface area contributed by atoms with Gasteiger partial charge < -0.3 is 11.1 Å². The van der Waals surface area contributed by atoms with Gasteiger partial charge in [0.2, 0.25) is 0 Å². The number of anilines is 2. The standard InChI is InChI=1S/C14H13FN2S2/c1-19-12-4-2-3-11(13(12)14(16)18)17-10-7-5-9(15)6-8-10/h2-8,17H,1H3,(H2,16,18). The van der Waals surface area contributed by atoms with Crippen LogP contribution in [0.5, 0.6) is 0 Å². The molecule has 0 spiro atoms. The maximum Gasteiger partial charge on any atom is 0.123 e. The van der Waals surface area contributed by atoms with Gasteiger partial charge in [-0.25, -0.2) is 4.39 Å². The third kappa shape index (κ3) is 3.24. The lowest BCUT2D eigenvalue weighted by Gasteiger charge is -2.14. The van der Waals surface area contributed by atoms with Gasteiger partial charge in [0.15, 0.2) is 0 Å². The lowest BCUT2D eigenvalue weighted by Crippen LogP contribution is -2.13. The van der Waals surface area contributed by atoms with E-state index in [4.69, 9.17) is 18.0 Å². The van der Waals surface area contributed by atoms with Crippen LogP contribution in [0, 0.1) is 5.82 Å². The second-order valence-electron chi connectivity index (χ2n) is 3.88. The van der Waals surface area contributed by atoms with Gasteiger partial charge in [-0.05, 0) is 42.7 Å². The lowest BCUT2D eigenvalue weighted by molar-refractivity contribution is 0.628. The third-order valence-corrected chi connectivity index (χ3v) is 3.60. The van der Waals surface area contributed by atoms with Gasteiger partial charge in [0.05, 0.1) is 0 Å². The molecule has 0 unspecified atom stereocenters. The van der Waals surface area contributed by atoms with Gasteiger partial charge >= 0.3 is 0 Å². The molecule has 2 aromatic rings. The van der Waals surface area contributed by atoms with E-state index < -0.39 is 0 Å². The Morgan fingerprint density at radius 3 is 2.47 bits per heavy atom. The number of thioether (sulfide) groups is 1. The fraction of sp³-hybridized carbons (Fsp3) is 0.0714. The van der Waals surface area contributed by atoms with Crippen LogP contribution in [0.25, 0.3) is 0 Å². The molecule has 0 fully saturated rings. The fourth-order valence-electron chi connectivity index (χ4n) is 1.75. The van der Waals surface area contributed by atoms with Crippen molar-refractivity contribution in [3.05, 3.63) is 53.8 Å². The second kappa shape index (κ2) is 6.04. The van der Waals surface area contributed by atoms with Gasteiger partial charge in [-0.15, -0.1) is 11.8 Å². The van der Waals surface area contributed by atoms with E-state index in [9.17, 15) is 4.39 Å². The molecule has 2 rings (SSSR count). The van der Waals surface area contributed by atoms with Crippen LogP contribution in [0.4, 0.5) is 15.8 Å². The molecule has 0 amide bonds. The zero-order chi connectivity index (χ0) is 13.8. The summed E-state index contributed by atoms with van der Waals surface area (Å²) in [6.45, 7) is 0. The van der Waals surface area contributed by atoms with Crippen LogP contribution in [0.1, 0.15) is 5.56 Å². The molecule has 0 radical (unpaired) electrons. The largest absolute Gasteiger partial charge is 0.389 e. The normalized spacial score (nSPS) is 10.2. The maximum atomic E-state index is 12.9. The SMILES string of the molecule is CSc1cccc(Nc2ccc(F)cc2)c1C(N)=S. The molecule has 0 saturated heterocycles. The molecule has 2 aromatic carbocycles. The van der Waals surface area contributed by atoms with Crippen molar-refractivity contribution in [2.45, 2.75) is 4.90 Å². The van der Waals surface area contributed by atoms with Crippen molar-refractivity contribution in [2.24, 2.45) is 5.73 Å². The van der Waals surface area contributed by atoms with Crippen LogP contribution in [-0.4, -0.2) is 11.2 Å².